The highest BCUT2D eigenvalue weighted by atomic mass is 32.2. The lowest BCUT2D eigenvalue weighted by Gasteiger charge is -2.15. The summed E-state index contributed by atoms with van der Waals surface area (Å²) in [6.07, 6.45) is 7.17. The minimum absolute atomic E-state index is 0.852. The molecular weight excluding hydrogens is 190 g/mol. The lowest BCUT2D eigenvalue weighted by atomic mass is 10.1. The molecule has 2 heteroatoms. The predicted molar refractivity (Wildman–Crippen MR) is 64.9 cm³/mol. The highest BCUT2D eigenvalue weighted by Crippen LogP contribution is 2.28. The molecule has 3 unspecified atom stereocenters. The lowest BCUT2D eigenvalue weighted by molar-refractivity contribution is 0.436. The molecule has 1 heterocycles. The van der Waals surface area contributed by atoms with Crippen molar-refractivity contribution in [2.75, 3.05) is 18.1 Å². The number of nitrogens with one attached hydrogen (secondary N) is 1. The Balaban J connectivity index is 1.61. The van der Waals surface area contributed by atoms with Gasteiger partial charge in [0.1, 0.15) is 0 Å². The van der Waals surface area contributed by atoms with Crippen molar-refractivity contribution >= 4 is 11.8 Å². The molecule has 1 aliphatic heterocycles. The van der Waals surface area contributed by atoms with Crippen molar-refractivity contribution in [3.8, 4) is 0 Å². The van der Waals surface area contributed by atoms with E-state index in [9.17, 15) is 0 Å². The Morgan fingerprint density at radius 2 is 2.14 bits per heavy atom. The second-order valence-corrected chi connectivity index (χ2v) is 6.07. The van der Waals surface area contributed by atoms with E-state index in [1.165, 1.54) is 50.2 Å². The second-order valence-electron chi connectivity index (χ2n) is 4.92. The Labute approximate surface area is 92.4 Å². The molecule has 2 aliphatic rings. The van der Waals surface area contributed by atoms with Gasteiger partial charge < -0.3 is 5.32 Å². The smallest absolute Gasteiger partial charge is 0.00699 e. The fourth-order valence-electron chi connectivity index (χ4n) is 2.71. The summed E-state index contributed by atoms with van der Waals surface area (Å²) in [4.78, 5) is 0. The van der Waals surface area contributed by atoms with Crippen LogP contribution in [-0.2, 0) is 0 Å². The van der Waals surface area contributed by atoms with Gasteiger partial charge in [-0.3, -0.25) is 0 Å². The summed E-state index contributed by atoms with van der Waals surface area (Å²) in [6, 6.07) is 0.852. The highest BCUT2D eigenvalue weighted by Gasteiger charge is 2.24. The van der Waals surface area contributed by atoms with Crippen LogP contribution in [0.3, 0.4) is 0 Å². The summed E-state index contributed by atoms with van der Waals surface area (Å²) >= 11 is 2.13. The largest absolute Gasteiger partial charge is 0.314 e. The van der Waals surface area contributed by atoms with E-state index in [1.807, 2.05) is 0 Å². The quantitative estimate of drug-likeness (QED) is 0.770. The van der Waals surface area contributed by atoms with Crippen LogP contribution in [-0.4, -0.2) is 24.1 Å². The lowest BCUT2D eigenvalue weighted by Crippen LogP contribution is -2.31. The number of rotatable bonds is 4. The van der Waals surface area contributed by atoms with Gasteiger partial charge in [0.05, 0.1) is 0 Å². The Bertz CT molecular complexity index is 166. The van der Waals surface area contributed by atoms with Crippen molar-refractivity contribution in [2.24, 2.45) is 11.8 Å². The first-order valence-electron chi connectivity index (χ1n) is 6.19. The summed E-state index contributed by atoms with van der Waals surface area (Å²) < 4.78 is 0. The van der Waals surface area contributed by atoms with Gasteiger partial charge in [0, 0.05) is 6.04 Å². The Morgan fingerprint density at radius 3 is 2.79 bits per heavy atom. The van der Waals surface area contributed by atoms with Gasteiger partial charge in [-0.05, 0) is 55.6 Å². The van der Waals surface area contributed by atoms with Crippen molar-refractivity contribution in [1.29, 1.82) is 0 Å². The molecule has 0 spiro atoms. The van der Waals surface area contributed by atoms with Crippen molar-refractivity contribution in [2.45, 2.75) is 45.1 Å². The van der Waals surface area contributed by atoms with E-state index in [4.69, 9.17) is 0 Å². The standard InChI is InChI=1S/C12H23NS/c1-2-10-3-4-12(7-10)13-8-11-5-6-14-9-11/h10-13H,2-9H2,1H3. The molecule has 1 saturated heterocycles. The average Bonchev–Trinajstić information content (AvgIpc) is 2.86. The van der Waals surface area contributed by atoms with E-state index in [-0.39, 0.29) is 0 Å². The molecule has 82 valence electrons. The van der Waals surface area contributed by atoms with Crippen LogP contribution in [0, 0.1) is 11.8 Å². The van der Waals surface area contributed by atoms with Crippen molar-refractivity contribution < 1.29 is 0 Å². The number of hydrogen-bond acceptors (Lipinski definition) is 2. The Morgan fingerprint density at radius 1 is 1.21 bits per heavy atom. The molecule has 1 saturated carbocycles. The molecule has 0 radical (unpaired) electrons. The minimum Gasteiger partial charge on any atom is -0.314 e. The zero-order valence-corrected chi connectivity index (χ0v) is 10.1. The molecule has 14 heavy (non-hydrogen) atoms. The fourth-order valence-corrected chi connectivity index (χ4v) is 3.99. The van der Waals surface area contributed by atoms with Crippen LogP contribution in [0.2, 0.25) is 0 Å². The highest BCUT2D eigenvalue weighted by molar-refractivity contribution is 7.99. The monoisotopic (exact) mass is 213 g/mol. The van der Waals surface area contributed by atoms with Gasteiger partial charge in [-0.2, -0.15) is 11.8 Å². The normalized spacial score (nSPS) is 37.9. The zero-order valence-electron chi connectivity index (χ0n) is 9.30. The van der Waals surface area contributed by atoms with Crippen molar-refractivity contribution in [3.05, 3.63) is 0 Å². The molecule has 2 fully saturated rings. The van der Waals surface area contributed by atoms with Crippen LogP contribution in [0.5, 0.6) is 0 Å². The maximum absolute atomic E-state index is 3.77. The third-order valence-corrected chi connectivity index (χ3v) is 5.07. The van der Waals surface area contributed by atoms with E-state index in [2.05, 4.69) is 24.0 Å². The number of thioether (sulfide) groups is 1. The molecule has 2 rings (SSSR count). The van der Waals surface area contributed by atoms with Crippen LogP contribution >= 0.6 is 11.8 Å². The van der Waals surface area contributed by atoms with Gasteiger partial charge in [0.2, 0.25) is 0 Å². The minimum atomic E-state index is 0.852. The second kappa shape index (κ2) is 5.41. The summed E-state index contributed by atoms with van der Waals surface area (Å²) in [6.45, 7) is 3.62. The van der Waals surface area contributed by atoms with Crippen LogP contribution in [0.4, 0.5) is 0 Å². The van der Waals surface area contributed by atoms with Gasteiger partial charge in [-0.15, -0.1) is 0 Å². The van der Waals surface area contributed by atoms with Crippen molar-refractivity contribution in [1.82, 2.24) is 5.32 Å². The van der Waals surface area contributed by atoms with Gasteiger partial charge in [0.25, 0.3) is 0 Å². The molecule has 0 aromatic carbocycles. The molecule has 1 nitrogen and oxygen atoms in total. The first-order valence-corrected chi connectivity index (χ1v) is 7.35. The van der Waals surface area contributed by atoms with Crippen molar-refractivity contribution in [3.63, 3.8) is 0 Å². The summed E-state index contributed by atoms with van der Waals surface area (Å²) in [5.74, 6) is 4.79. The van der Waals surface area contributed by atoms with E-state index in [0.29, 0.717) is 0 Å². The molecule has 1 N–H and O–H groups in total. The molecule has 0 aromatic heterocycles. The van der Waals surface area contributed by atoms with Gasteiger partial charge in [0.15, 0.2) is 0 Å². The van der Waals surface area contributed by atoms with E-state index in [0.717, 1.165) is 17.9 Å². The van der Waals surface area contributed by atoms with E-state index >= 15 is 0 Å². The zero-order chi connectivity index (χ0) is 9.80. The molecule has 0 bridgehead atoms. The Hall–Kier alpha value is 0.310. The predicted octanol–water partition coefficient (Wildman–Crippen LogP) is 2.91. The first-order chi connectivity index (χ1) is 6.88. The van der Waals surface area contributed by atoms with Gasteiger partial charge in [-0.25, -0.2) is 0 Å². The molecule has 3 atom stereocenters. The molecule has 0 aromatic rings. The SMILES string of the molecule is CCC1CCC(NCC2CCSC2)C1. The van der Waals surface area contributed by atoms with Crippen LogP contribution < -0.4 is 5.32 Å². The molecular formula is C12H23NS. The average molecular weight is 213 g/mol. The third kappa shape index (κ3) is 2.90. The van der Waals surface area contributed by atoms with Gasteiger partial charge >= 0.3 is 0 Å². The first kappa shape index (κ1) is 10.8. The van der Waals surface area contributed by atoms with Crippen LogP contribution in [0.25, 0.3) is 0 Å². The Kier molecular flexibility index (Phi) is 4.18. The molecule has 0 amide bonds. The summed E-state index contributed by atoms with van der Waals surface area (Å²) in [7, 11) is 0. The number of hydrogen-bond donors (Lipinski definition) is 1. The molecule has 1 aliphatic carbocycles. The van der Waals surface area contributed by atoms with Crippen LogP contribution in [0.15, 0.2) is 0 Å². The third-order valence-electron chi connectivity index (χ3n) is 3.84. The maximum atomic E-state index is 3.77. The van der Waals surface area contributed by atoms with Gasteiger partial charge in [-0.1, -0.05) is 13.3 Å². The summed E-state index contributed by atoms with van der Waals surface area (Å²) in [5, 5.41) is 3.77. The van der Waals surface area contributed by atoms with E-state index < -0.39 is 0 Å². The fraction of sp³-hybridized carbons (Fsp3) is 1.00. The topological polar surface area (TPSA) is 12.0 Å². The van der Waals surface area contributed by atoms with Crippen LogP contribution in [0.1, 0.15) is 39.0 Å². The van der Waals surface area contributed by atoms with E-state index in [1.54, 1.807) is 0 Å². The summed E-state index contributed by atoms with van der Waals surface area (Å²) in [5.41, 5.74) is 0. The maximum Gasteiger partial charge on any atom is 0.00699 e.